The fraction of sp³-hybridized carbons (Fsp3) is 0.355. The predicted molar refractivity (Wildman–Crippen MR) is 160 cm³/mol. The van der Waals surface area contributed by atoms with E-state index in [0.717, 1.165) is 21.7 Å². The van der Waals surface area contributed by atoms with Crippen LogP contribution in [0.1, 0.15) is 43.7 Å². The quantitative estimate of drug-likeness (QED) is 0.239. The number of carboxylic acid groups (broad SMARTS) is 1. The average Bonchev–Trinajstić information content (AvgIpc) is 3.31. The molecule has 2 unspecified atom stereocenters. The largest absolute Gasteiger partial charge is 0.497 e. The Morgan fingerprint density at radius 3 is 2.50 bits per heavy atom. The Morgan fingerprint density at radius 1 is 1.10 bits per heavy atom. The molecular weight excluding hydrogens is 548 g/mol. The highest BCUT2D eigenvalue weighted by Crippen LogP contribution is 2.54. The molecular formula is C31H35ClN2O5S. The highest BCUT2D eigenvalue weighted by molar-refractivity contribution is 8.00. The van der Waals surface area contributed by atoms with Crippen molar-refractivity contribution in [3.63, 3.8) is 0 Å². The molecule has 0 bridgehead atoms. The molecule has 3 aromatic carbocycles. The van der Waals surface area contributed by atoms with Gasteiger partial charge in [-0.15, -0.1) is 0 Å². The zero-order chi connectivity index (χ0) is 28.8. The van der Waals surface area contributed by atoms with E-state index in [1.54, 1.807) is 36.8 Å². The molecule has 0 saturated carbocycles. The van der Waals surface area contributed by atoms with Crippen LogP contribution in [0, 0.1) is 0 Å². The number of thioether (sulfide) groups is 1. The van der Waals surface area contributed by atoms with Crippen LogP contribution in [0.3, 0.4) is 0 Å². The Morgan fingerprint density at radius 2 is 1.85 bits per heavy atom. The van der Waals surface area contributed by atoms with E-state index < -0.39 is 12.0 Å². The summed E-state index contributed by atoms with van der Waals surface area (Å²) in [5.74, 6) is 0.395. The number of methoxy groups -OCH3 is 1. The van der Waals surface area contributed by atoms with Crippen LogP contribution in [0.2, 0.25) is 5.02 Å². The van der Waals surface area contributed by atoms with Crippen molar-refractivity contribution in [1.82, 2.24) is 4.90 Å². The van der Waals surface area contributed by atoms with Crippen molar-refractivity contribution >= 4 is 40.9 Å². The molecule has 1 amide bonds. The van der Waals surface area contributed by atoms with E-state index in [4.69, 9.17) is 21.1 Å². The topological polar surface area (TPSA) is 79.3 Å². The van der Waals surface area contributed by atoms with Crippen molar-refractivity contribution in [3.8, 4) is 11.5 Å². The van der Waals surface area contributed by atoms with Crippen LogP contribution in [0.25, 0.3) is 0 Å². The van der Waals surface area contributed by atoms with E-state index in [-0.39, 0.29) is 17.3 Å². The number of carbonyl (C=O) groups is 2. The van der Waals surface area contributed by atoms with Gasteiger partial charge in [0.2, 0.25) is 5.91 Å². The SMILES string of the molecule is COc1ccc(OCCCN(C(C)C)C(Cc2ccccc2)C(=O)O)c(C2Sc3cc(Cl)ccc3N2C(C)=O)c1. The number of carboxylic acids is 1. The first-order valence-corrected chi connectivity index (χ1v) is 14.5. The summed E-state index contributed by atoms with van der Waals surface area (Å²) in [6.45, 7) is 6.53. The van der Waals surface area contributed by atoms with Gasteiger partial charge in [-0.2, -0.15) is 0 Å². The fourth-order valence-corrected chi connectivity index (χ4v) is 6.62. The Bertz CT molecular complexity index is 1340. The van der Waals surface area contributed by atoms with Gasteiger partial charge < -0.3 is 14.6 Å². The third-order valence-corrected chi connectivity index (χ3v) is 8.42. The highest BCUT2D eigenvalue weighted by atomic mass is 35.5. The maximum atomic E-state index is 12.7. The Hall–Kier alpha value is -3.20. The standard InChI is InChI=1S/C31H35ClN2O5S/c1-20(2)33(27(31(36)37)17-22-9-6-5-7-10-22)15-8-16-39-28-14-12-24(38-4)19-25(28)30-34(21(3)35)26-13-11-23(32)18-29(26)40-30/h5-7,9-14,18-20,27,30H,8,15-17H2,1-4H3,(H,36,37). The number of anilines is 1. The molecule has 1 aliphatic heterocycles. The minimum Gasteiger partial charge on any atom is -0.497 e. The van der Waals surface area contributed by atoms with E-state index >= 15 is 0 Å². The number of hydrogen-bond acceptors (Lipinski definition) is 6. The molecule has 2 atom stereocenters. The molecule has 9 heteroatoms. The molecule has 4 rings (SSSR count). The van der Waals surface area contributed by atoms with Gasteiger partial charge >= 0.3 is 5.97 Å². The van der Waals surface area contributed by atoms with E-state index in [0.29, 0.717) is 42.5 Å². The third-order valence-electron chi connectivity index (χ3n) is 6.92. The summed E-state index contributed by atoms with van der Waals surface area (Å²) >= 11 is 7.78. The second-order valence-electron chi connectivity index (χ2n) is 9.95. The van der Waals surface area contributed by atoms with Crippen LogP contribution in [-0.4, -0.2) is 54.2 Å². The molecule has 7 nitrogen and oxygen atoms in total. The molecule has 1 heterocycles. The summed E-state index contributed by atoms with van der Waals surface area (Å²) in [4.78, 5) is 29.7. The molecule has 1 N–H and O–H groups in total. The number of amides is 1. The maximum absolute atomic E-state index is 12.7. The lowest BCUT2D eigenvalue weighted by molar-refractivity contribution is -0.144. The van der Waals surface area contributed by atoms with Crippen LogP contribution < -0.4 is 14.4 Å². The summed E-state index contributed by atoms with van der Waals surface area (Å²) in [6, 6.07) is 20.2. The van der Waals surface area contributed by atoms with Crippen LogP contribution in [0.5, 0.6) is 11.5 Å². The molecule has 0 fully saturated rings. The van der Waals surface area contributed by atoms with Crippen molar-refractivity contribution in [2.24, 2.45) is 0 Å². The highest BCUT2D eigenvalue weighted by Gasteiger charge is 2.36. The molecule has 212 valence electrons. The number of nitrogens with zero attached hydrogens (tertiary/aromatic N) is 2. The van der Waals surface area contributed by atoms with Gasteiger partial charge in [0.1, 0.15) is 22.9 Å². The van der Waals surface area contributed by atoms with Gasteiger partial charge in [0.05, 0.1) is 19.4 Å². The average molecular weight is 583 g/mol. The fourth-order valence-electron chi connectivity index (χ4n) is 4.98. The van der Waals surface area contributed by atoms with E-state index in [9.17, 15) is 14.7 Å². The van der Waals surface area contributed by atoms with E-state index in [2.05, 4.69) is 0 Å². The van der Waals surface area contributed by atoms with Gasteiger partial charge in [0.15, 0.2) is 0 Å². The summed E-state index contributed by atoms with van der Waals surface area (Å²) in [6.07, 6.45) is 1.06. The van der Waals surface area contributed by atoms with Gasteiger partial charge in [0.25, 0.3) is 0 Å². The van der Waals surface area contributed by atoms with Crippen molar-refractivity contribution < 1.29 is 24.2 Å². The van der Waals surface area contributed by atoms with E-state index in [1.165, 1.54) is 0 Å². The molecule has 40 heavy (non-hydrogen) atoms. The zero-order valence-electron chi connectivity index (χ0n) is 23.2. The lowest BCUT2D eigenvalue weighted by Crippen LogP contribution is -2.47. The van der Waals surface area contributed by atoms with Crippen LogP contribution in [0.15, 0.2) is 71.6 Å². The number of fused-ring (bicyclic) bond motifs is 1. The van der Waals surface area contributed by atoms with E-state index in [1.807, 2.05) is 79.4 Å². The second-order valence-corrected chi connectivity index (χ2v) is 11.5. The van der Waals surface area contributed by atoms with Gasteiger partial charge in [-0.3, -0.25) is 19.4 Å². The number of ether oxygens (including phenoxy) is 2. The van der Waals surface area contributed by atoms with Crippen molar-refractivity contribution in [3.05, 3.63) is 82.9 Å². The lowest BCUT2D eigenvalue weighted by atomic mass is 10.0. The second kappa shape index (κ2) is 13.4. The van der Waals surface area contributed by atoms with Crippen LogP contribution >= 0.6 is 23.4 Å². The van der Waals surface area contributed by atoms with Crippen molar-refractivity contribution in [2.45, 2.75) is 56.0 Å². The zero-order valence-corrected chi connectivity index (χ0v) is 24.7. The number of rotatable bonds is 12. The summed E-state index contributed by atoms with van der Waals surface area (Å²) < 4.78 is 11.8. The van der Waals surface area contributed by atoms with Gasteiger partial charge in [-0.1, -0.05) is 53.7 Å². The van der Waals surface area contributed by atoms with Gasteiger partial charge in [-0.25, -0.2) is 0 Å². The number of halogens is 1. The molecule has 0 radical (unpaired) electrons. The summed E-state index contributed by atoms with van der Waals surface area (Å²) in [7, 11) is 1.60. The first kappa shape index (κ1) is 29.8. The number of aliphatic carboxylic acids is 1. The number of carbonyl (C=O) groups excluding carboxylic acids is 1. The lowest BCUT2D eigenvalue weighted by Gasteiger charge is -2.32. The molecule has 0 aromatic heterocycles. The van der Waals surface area contributed by atoms with Crippen LogP contribution in [0.4, 0.5) is 5.69 Å². The molecule has 3 aromatic rings. The Balaban J connectivity index is 1.49. The smallest absolute Gasteiger partial charge is 0.321 e. The normalized spacial score (nSPS) is 15.3. The first-order chi connectivity index (χ1) is 19.2. The number of hydrogen-bond donors (Lipinski definition) is 1. The minimum atomic E-state index is -0.835. The number of benzene rings is 3. The summed E-state index contributed by atoms with van der Waals surface area (Å²) in [5, 5.41) is 10.3. The molecule has 0 aliphatic carbocycles. The van der Waals surface area contributed by atoms with Crippen molar-refractivity contribution in [2.75, 3.05) is 25.2 Å². The Kier molecular flexibility index (Phi) is 10.0. The first-order valence-electron chi connectivity index (χ1n) is 13.3. The van der Waals surface area contributed by atoms with Crippen molar-refractivity contribution in [1.29, 1.82) is 0 Å². The summed E-state index contributed by atoms with van der Waals surface area (Å²) in [5.41, 5.74) is 2.62. The van der Waals surface area contributed by atoms with Gasteiger partial charge in [0, 0.05) is 35.0 Å². The molecule has 0 saturated heterocycles. The van der Waals surface area contributed by atoms with Gasteiger partial charge in [-0.05, 0) is 68.7 Å². The molecule has 1 aliphatic rings. The Labute approximate surface area is 245 Å². The minimum absolute atomic E-state index is 0.0469. The predicted octanol–water partition coefficient (Wildman–Crippen LogP) is 6.68. The monoisotopic (exact) mass is 582 g/mol. The molecule has 0 spiro atoms. The third kappa shape index (κ3) is 6.92. The van der Waals surface area contributed by atoms with Crippen LogP contribution in [-0.2, 0) is 16.0 Å². The maximum Gasteiger partial charge on any atom is 0.321 e.